The minimum atomic E-state index is -0.187. The molecule has 0 saturated heterocycles. The van der Waals surface area contributed by atoms with E-state index in [0.717, 1.165) is 5.75 Å². The van der Waals surface area contributed by atoms with Gasteiger partial charge in [-0.3, -0.25) is 0 Å². The fourth-order valence-corrected chi connectivity index (χ4v) is 1.45. The van der Waals surface area contributed by atoms with Gasteiger partial charge in [-0.25, -0.2) is 0 Å². The van der Waals surface area contributed by atoms with Crippen molar-refractivity contribution in [3.8, 4) is 5.75 Å². The fraction of sp³-hybridized carbons (Fsp3) is 0.538. The molecule has 2 N–H and O–H groups in total. The number of benzene rings is 1. The van der Waals surface area contributed by atoms with Crippen molar-refractivity contribution in [2.24, 2.45) is 5.73 Å². The van der Waals surface area contributed by atoms with Crippen molar-refractivity contribution in [1.82, 2.24) is 0 Å². The van der Waals surface area contributed by atoms with Crippen LogP contribution < -0.4 is 10.5 Å². The smallest absolute Gasteiger partial charge is 0.119 e. The van der Waals surface area contributed by atoms with Crippen LogP contribution in [0.1, 0.15) is 39.2 Å². The van der Waals surface area contributed by atoms with Crippen LogP contribution in [0, 0.1) is 0 Å². The maximum Gasteiger partial charge on any atom is 0.119 e. The van der Waals surface area contributed by atoms with Crippen LogP contribution >= 0.6 is 0 Å². The molecule has 1 unspecified atom stereocenters. The summed E-state index contributed by atoms with van der Waals surface area (Å²) in [5, 5.41) is 0. The molecular weight excluding hydrogens is 186 g/mol. The summed E-state index contributed by atoms with van der Waals surface area (Å²) >= 11 is 0. The molecule has 0 heterocycles. The second kappa shape index (κ2) is 4.67. The van der Waals surface area contributed by atoms with Crippen molar-refractivity contribution in [2.45, 2.75) is 39.2 Å². The number of hydrogen-bond acceptors (Lipinski definition) is 2. The lowest BCUT2D eigenvalue weighted by atomic mass is 9.84. The van der Waals surface area contributed by atoms with Crippen molar-refractivity contribution >= 4 is 0 Å². The van der Waals surface area contributed by atoms with Crippen molar-refractivity contribution in [3.05, 3.63) is 29.8 Å². The Labute approximate surface area is 92.4 Å². The van der Waals surface area contributed by atoms with Crippen LogP contribution in [-0.4, -0.2) is 12.1 Å². The lowest BCUT2D eigenvalue weighted by Gasteiger charge is -2.27. The number of hydrogen-bond donors (Lipinski definition) is 1. The van der Waals surface area contributed by atoms with E-state index in [1.54, 1.807) is 0 Å². The molecule has 15 heavy (non-hydrogen) atoms. The summed E-state index contributed by atoms with van der Waals surface area (Å²) in [5.74, 6) is 1.26. The zero-order chi connectivity index (χ0) is 11.5. The third-order valence-electron chi connectivity index (χ3n) is 2.81. The SMILES string of the molecule is CCOc1ccc(C(C)C(C)(C)N)cc1. The summed E-state index contributed by atoms with van der Waals surface area (Å²) in [6, 6.07) is 8.18. The molecule has 1 rings (SSSR count). The highest BCUT2D eigenvalue weighted by Gasteiger charge is 2.21. The molecule has 0 fully saturated rings. The van der Waals surface area contributed by atoms with Gasteiger partial charge in [0.15, 0.2) is 0 Å². The van der Waals surface area contributed by atoms with E-state index in [0.29, 0.717) is 12.5 Å². The van der Waals surface area contributed by atoms with Gasteiger partial charge in [-0.2, -0.15) is 0 Å². The van der Waals surface area contributed by atoms with E-state index in [1.165, 1.54) is 5.56 Å². The Bertz CT molecular complexity index is 297. The Morgan fingerprint density at radius 2 is 1.80 bits per heavy atom. The average molecular weight is 207 g/mol. The summed E-state index contributed by atoms with van der Waals surface area (Å²) in [6.45, 7) is 8.94. The number of ether oxygens (including phenoxy) is 1. The fourth-order valence-electron chi connectivity index (χ4n) is 1.45. The molecule has 1 aromatic rings. The molecule has 0 spiro atoms. The van der Waals surface area contributed by atoms with Gasteiger partial charge >= 0.3 is 0 Å². The number of nitrogens with two attached hydrogens (primary N) is 1. The Hall–Kier alpha value is -1.02. The Morgan fingerprint density at radius 3 is 2.20 bits per heavy atom. The second-order valence-electron chi connectivity index (χ2n) is 4.55. The first kappa shape index (κ1) is 12.1. The Balaban J connectivity index is 2.80. The quantitative estimate of drug-likeness (QED) is 0.824. The van der Waals surface area contributed by atoms with E-state index in [2.05, 4.69) is 19.1 Å². The largest absolute Gasteiger partial charge is 0.494 e. The zero-order valence-corrected chi connectivity index (χ0v) is 10.1. The third-order valence-corrected chi connectivity index (χ3v) is 2.81. The highest BCUT2D eigenvalue weighted by Crippen LogP contribution is 2.26. The molecule has 0 aliphatic rings. The van der Waals surface area contributed by atoms with E-state index in [1.807, 2.05) is 32.9 Å². The van der Waals surface area contributed by atoms with Gasteiger partial charge in [-0.15, -0.1) is 0 Å². The molecule has 0 radical (unpaired) electrons. The van der Waals surface area contributed by atoms with Gasteiger partial charge in [0.1, 0.15) is 5.75 Å². The maximum absolute atomic E-state index is 6.08. The first-order chi connectivity index (χ1) is 6.95. The van der Waals surface area contributed by atoms with Crippen LogP contribution in [-0.2, 0) is 0 Å². The predicted octanol–water partition coefficient (Wildman–Crippen LogP) is 2.93. The second-order valence-corrected chi connectivity index (χ2v) is 4.55. The van der Waals surface area contributed by atoms with Crippen LogP contribution in [0.5, 0.6) is 5.75 Å². The summed E-state index contributed by atoms with van der Waals surface area (Å²) in [4.78, 5) is 0. The molecule has 0 saturated carbocycles. The molecule has 1 atom stereocenters. The van der Waals surface area contributed by atoms with Crippen LogP contribution in [0.15, 0.2) is 24.3 Å². The van der Waals surface area contributed by atoms with E-state index in [9.17, 15) is 0 Å². The lowest BCUT2D eigenvalue weighted by molar-refractivity contribution is 0.340. The van der Waals surface area contributed by atoms with Gasteiger partial charge in [-0.1, -0.05) is 19.1 Å². The minimum absolute atomic E-state index is 0.187. The van der Waals surface area contributed by atoms with Crippen molar-refractivity contribution in [3.63, 3.8) is 0 Å². The first-order valence-electron chi connectivity index (χ1n) is 5.46. The normalized spacial score (nSPS) is 13.7. The van der Waals surface area contributed by atoms with Crippen LogP contribution in [0.4, 0.5) is 0 Å². The van der Waals surface area contributed by atoms with Gasteiger partial charge in [0, 0.05) is 5.54 Å². The van der Waals surface area contributed by atoms with Crippen LogP contribution in [0.2, 0.25) is 0 Å². The summed E-state index contributed by atoms with van der Waals surface area (Å²) in [7, 11) is 0. The van der Waals surface area contributed by atoms with Gasteiger partial charge in [-0.05, 0) is 44.4 Å². The van der Waals surface area contributed by atoms with Gasteiger partial charge in [0.2, 0.25) is 0 Å². The van der Waals surface area contributed by atoms with E-state index in [4.69, 9.17) is 10.5 Å². The molecule has 2 nitrogen and oxygen atoms in total. The standard InChI is InChI=1S/C13H21NO/c1-5-15-12-8-6-11(7-9-12)10(2)13(3,4)14/h6-10H,5,14H2,1-4H3. The van der Waals surface area contributed by atoms with Crippen LogP contribution in [0.3, 0.4) is 0 Å². The molecule has 0 aliphatic heterocycles. The molecule has 2 heteroatoms. The molecule has 84 valence electrons. The van der Waals surface area contributed by atoms with Gasteiger partial charge < -0.3 is 10.5 Å². The highest BCUT2D eigenvalue weighted by molar-refractivity contribution is 5.30. The van der Waals surface area contributed by atoms with Gasteiger partial charge in [0.25, 0.3) is 0 Å². The molecule has 0 aromatic heterocycles. The van der Waals surface area contributed by atoms with E-state index < -0.39 is 0 Å². The monoisotopic (exact) mass is 207 g/mol. The summed E-state index contributed by atoms with van der Waals surface area (Å²) in [6.07, 6.45) is 0. The number of rotatable bonds is 4. The topological polar surface area (TPSA) is 35.2 Å². The summed E-state index contributed by atoms with van der Waals surface area (Å²) in [5.41, 5.74) is 7.14. The predicted molar refractivity (Wildman–Crippen MR) is 64.3 cm³/mol. The Kier molecular flexibility index (Phi) is 3.75. The minimum Gasteiger partial charge on any atom is -0.494 e. The third kappa shape index (κ3) is 3.24. The molecule has 1 aromatic carbocycles. The van der Waals surface area contributed by atoms with Crippen molar-refractivity contribution < 1.29 is 4.74 Å². The van der Waals surface area contributed by atoms with Gasteiger partial charge in [0.05, 0.1) is 6.61 Å². The first-order valence-corrected chi connectivity index (χ1v) is 5.46. The summed E-state index contributed by atoms with van der Waals surface area (Å²) < 4.78 is 5.39. The Morgan fingerprint density at radius 1 is 1.27 bits per heavy atom. The van der Waals surface area contributed by atoms with E-state index >= 15 is 0 Å². The maximum atomic E-state index is 6.08. The molecule has 0 amide bonds. The van der Waals surface area contributed by atoms with Crippen molar-refractivity contribution in [1.29, 1.82) is 0 Å². The zero-order valence-electron chi connectivity index (χ0n) is 10.1. The van der Waals surface area contributed by atoms with Crippen molar-refractivity contribution in [2.75, 3.05) is 6.61 Å². The molecule has 0 bridgehead atoms. The van der Waals surface area contributed by atoms with E-state index in [-0.39, 0.29) is 5.54 Å². The molecule has 0 aliphatic carbocycles. The average Bonchev–Trinajstić information content (AvgIpc) is 2.17. The highest BCUT2D eigenvalue weighted by atomic mass is 16.5. The van der Waals surface area contributed by atoms with Crippen LogP contribution in [0.25, 0.3) is 0 Å². The lowest BCUT2D eigenvalue weighted by Crippen LogP contribution is -2.37. The molecular formula is C13H21NO.